The molecule has 1 aromatic heterocycles. The number of carbonyl (C=O) groups is 1. The van der Waals surface area contributed by atoms with Gasteiger partial charge in [0.05, 0.1) is 11.8 Å². The molecule has 0 spiro atoms. The van der Waals surface area contributed by atoms with Crippen LogP contribution >= 0.6 is 0 Å². The minimum Gasteiger partial charge on any atom is -0.459 e. The number of ether oxygens (including phenoxy) is 3. The van der Waals surface area contributed by atoms with Gasteiger partial charge in [-0.1, -0.05) is 18.2 Å². The molecule has 11 heteroatoms. The molecule has 2 aromatic rings. The molecule has 2 aliphatic rings. The minimum atomic E-state index is -3.86. The van der Waals surface area contributed by atoms with Crippen molar-refractivity contribution in [3.63, 3.8) is 0 Å². The second kappa shape index (κ2) is 7.00. The van der Waals surface area contributed by atoms with Crippen molar-refractivity contribution >= 4 is 16.1 Å². The molecule has 0 bridgehead atoms. The van der Waals surface area contributed by atoms with E-state index in [0.29, 0.717) is 5.56 Å². The lowest BCUT2D eigenvalue weighted by molar-refractivity contribution is -0.0466. The molecule has 28 heavy (non-hydrogen) atoms. The maximum absolute atomic E-state index is 12.2. The maximum Gasteiger partial charge on any atom is 0.338 e. The number of hydrogen-bond donors (Lipinski definition) is 0. The smallest absolute Gasteiger partial charge is 0.338 e. The molecule has 3 heterocycles. The van der Waals surface area contributed by atoms with Gasteiger partial charge in [0.2, 0.25) is 0 Å². The average Bonchev–Trinajstić information content (AvgIpc) is 3.15. The van der Waals surface area contributed by atoms with Crippen LogP contribution in [0.4, 0.5) is 0 Å². The van der Waals surface area contributed by atoms with Gasteiger partial charge < -0.3 is 14.2 Å². The number of esters is 1. The molecule has 0 radical (unpaired) electrons. The first-order valence-electron chi connectivity index (χ1n) is 8.33. The van der Waals surface area contributed by atoms with E-state index >= 15 is 0 Å². The molecule has 2 aliphatic heterocycles. The number of nitrogens with zero attached hydrogens (tertiary/aromatic N) is 2. The van der Waals surface area contributed by atoms with Crippen LogP contribution in [0.15, 0.2) is 47.4 Å². The fourth-order valence-corrected chi connectivity index (χ4v) is 3.76. The molecule has 148 valence electrons. The molecular weight excluding hydrogens is 392 g/mol. The summed E-state index contributed by atoms with van der Waals surface area (Å²) in [5.74, 6) is -0.578. The van der Waals surface area contributed by atoms with Crippen molar-refractivity contribution in [2.75, 3.05) is 12.9 Å². The molecule has 10 nitrogen and oxygen atoms in total. The highest BCUT2D eigenvalue weighted by Crippen LogP contribution is 2.40. The number of fused-ring (bicyclic) bond motifs is 3. The van der Waals surface area contributed by atoms with Crippen LogP contribution in [0.2, 0.25) is 0 Å². The minimum absolute atomic E-state index is 0.00401. The molecule has 4 rings (SSSR count). The van der Waals surface area contributed by atoms with Crippen LogP contribution in [-0.4, -0.2) is 55.1 Å². The topological polar surface area (TPSA) is 123 Å². The molecular formula is C17H16N2O8S. The highest BCUT2D eigenvalue weighted by molar-refractivity contribution is 7.86. The highest BCUT2D eigenvalue weighted by Gasteiger charge is 2.54. The third kappa shape index (κ3) is 3.63. The van der Waals surface area contributed by atoms with Gasteiger partial charge in [-0.15, -0.1) is 0 Å². The summed E-state index contributed by atoms with van der Waals surface area (Å²) >= 11 is 0. The SMILES string of the molecule is CS(=O)(=O)O[C@H]1[C@H]2Oc3nc(=O)ccn3[C@H]2O[C@H]1COC(=O)c1ccccc1. The van der Waals surface area contributed by atoms with Crippen molar-refractivity contribution in [2.45, 2.75) is 24.5 Å². The van der Waals surface area contributed by atoms with Gasteiger partial charge in [0.25, 0.3) is 15.7 Å². The van der Waals surface area contributed by atoms with Crippen LogP contribution in [0.1, 0.15) is 16.6 Å². The van der Waals surface area contributed by atoms with Gasteiger partial charge in [0.15, 0.2) is 12.3 Å². The summed E-state index contributed by atoms with van der Waals surface area (Å²) in [7, 11) is -3.86. The van der Waals surface area contributed by atoms with E-state index in [1.54, 1.807) is 30.3 Å². The van der Waals surface area contributed by atoms with E-state index in [1.807, 2.05) is 0 Å². The number of rotatable bonds is 5. The van der Waals surface area contributed by atoms with Crippen molar-refractivity contribution in [1.29, 1.82) is 0 Å². The van der Waals surface area contributed by atoms with E-state index in [0.717, 1.165) is 6.26 Å². The Balaban J connectivity index is 1.54. The Bertz CT molecular complexity index is 1050. The number of benzene rings is 1. The van der Waals surface area contributed by atoms with Gasteiger partial charge in [0.1, 0.15) is 18.8 Å². The lowest BCUT2D eigenvalue weighted by atomic mass is 10.1. The monoisotopic (exact) mass is 408 g/mol. The highest BCUT2D eigenvalue weighted by atomic mass is 32.2. The van der Waals surface area contributed by atoms with Gasteiger partial charge in [-0.2, -0.15) is 13.4 Å². The molecule has 1 saturated heterocycles. The van der Waals surface area contributed by atoms with Gasteiger partial charge in [-0.3, -0.25) is 13.5 Å². The van der Waals surface area contributed by atoms with E-state index in [1.165, 1.54) is 16.8 Å². The Morgan fingerprint density at radius 2 is 2.00 bits per heavy atom. The molecule has 0 amide bonds. The Labute approximate surface area is 159 Å². The zero-order valence-corrected chi connectivity index (χ0v) is 15.4. The second-order valence-electron chi connectivity index (χ2n) is 6.33. The van der Waals surface area contributed by atoms with Crippen LogP contribution in [0.5, 0.6) is 6.01 Å². The summed E-state index contributed by atoms with van der Waals surface area (Å²) in [6, 6.07) is 9.58. The van der Waals surface area contributed by atoms with Crippen LogP contribution in [-0.2, 0) is 23.8 Å². The number of aromatic nitrogens is 2. The van der Waals surface area contributed by atoms with Crippen LogP contribution in [0.3, 0.4) is 0 Å². The van der Waals surface area contributed by atoms with E-state index in [-0.39, 0.29) is 12.6 Å². The quantitative estimate of drug-likeness (QED) is 0.501. The lowest BCUT2D eigenvalue weighted by Gasteiger charge is -2.20. The Morgan fingerprint density at radius 3 is 2.71 bits per heavy atom. The zero-order valence-electron chi connectivity index (χ0n) is 14.6. The molecule has 1 fully saturated rings. The predicted octanol–water partition coefficient (Wildman–Crippen LogP) is 0.104. The summed E-state index contributed by atoms with van der Waals surface area (Å²) in [5.41, 5.74) is -0.149. The standard InChI is InChI=1S/C17H16N2O8S/c1-28(22,23)27-13-11(9-24-16(21)10-5-3-2-4-6-10)25-15-14(13)26-17-18-12(20)7-8-19(15)17/h2-8,11,13-15H,9H2,1H3/t11-,13+,14+,15-/m0/s1. The fourth-order valence-electron chi connectivity index (χ4n) is 3.12. The van der Waals surface area contributed by atoms with Crippen LogP contribution < -0.4 is 10.3 Å². The Hall–Kier alpha value is -2.76. The predicted molar refractivity (Wildman–Crippen MR) is 93.3 cm³/mol. The largest absolute Gasteiger partial charge is 0.459 e. The first-order valence-corrected chi connectivity index (χ1v) is 10.2. The first-order chi connectivity index (χ1) is 13.3. The Kier molecular flexibility index (Phi) is 4.65. The maximum atomic E-state index is 12.2. The summed E-state index contributed by atoms with van der Waals surface area (Å²) in [6.45, 7) is -0.243. The second-order valence-corrected chi connectivity index (χ2v) is 7.93. The van der Waals surface area contributed by atoms with Crippen molar-refractivity contribution in [3.05, 3.63) is 58.5 Å². The van der Waals surface area contributed by atoms with E-state index in [2.05, 4.69) is 4.98 Å². The summed E-state index contributed by atoms with van der Waals surface area (Å²) in [5, 5.41) is 0. The average molecular weight is 408 g/mol. The molecule has 0 unspecified atom stereocenters. The van der Waals surface area contributed by atoms with Gasteiger partial charge in [-0.25, -0.2) is 4.79 Å². The van der Waals surface area contributed by atoms with Crippen molar-refractivity contribution in [3.8, 4) is 6.01 Å². The summed E-state index contributed by atoms with van der Waals surface area (Å²) in [6.07, 6.45) is -1.29. The third-order valence-corrected chi connectivity index (χ3v) is 4.85. The fraction of sp³-hybridized carbons (Fsp3) is 0.353. The third-order valence-electron chi connectivity index (χ3n) is 4.28. The van der Waals surface area contributed by atoms with Gasteiger partial charge >= 0.3 is 12.0 Å². The summed E-state index contributed by atoms with van der Waals surface area (Å²) in [4.78, 5) is 27.3. The lowest BCUT2D eigenvalue weighted by Crippen LogP contribution is -2.40. The van der Waals surface area contributed by atoms with Crippen molar-refractivity contribution < 1.29 is 31.6 Å². The number of carbonyl (C=O) groups excluding carboxylic acids is 1. The Morgan fingerprint density at radius 1 is 1.25 bits per heavy atom. The van der Waals surface area contributed by atoms with E-state index < -0.39 is 46.2 Å². The van der Waals surface area contributed by atoms with Crippen molar-refractivity contribution in [1.82, 2.24) is 9.55 Å². The molecule has 4 atom stereocenters. The van der Waals surface area contributed by atoms with Gasteiger partial charge in [0, 0.05) is 12.3 Å². The van der Waals surface area contributed by atoms with E-state index in [9.17, 15) is 18.0 Å². The summed E-state index contributed by atoms with van der Waals surface area (Å²) < 4.78 is 46.7. The molecule has 1 aromatic carbocycles. The number of hydrogen-bond acceptors (Lipinski definition) is 9. The van der Waals surface area contributed by atoms with Crippen LogP contribution in [0.25, 0.3) is 0 Å². The van der Waals surface area contributed by atoms with Gasteiger partial charge in [-0.05, 0) is 12.1 Å². The zero-order chi connectivity index (χ0) is 19.9. The molecule has 0 saturated carbocycles. The van der Waals surface area contributed by atoms with Crippen molar-refractivity contribution in [2.24, 2.45) is 0 Å². The molecule has 0 aliphatic carbocycles. The van der Waals surface area contributed by atoms with E-state index in [4.69, 9.17) is 18.4 Å². The normalized spacial score (nSPS) is 25.6. The first kappa shape index (κ1) is 18.6. The van der Waals surface area contributed by atoms with Crippen LogP contribution in [0, 0.1) is 0 Å². The molecule has 0 N–H and O–H groups in total.